The first-order valence-electron chi connectivity index (χ1n) is 9.33. The highest BCUT2D eigenvalue weighted by Gasteiger charge is 2.20. The van der Waals surface area contributed by atoms with Gasteiger partial charge in [0.2, 0.25) is 5.78 Å². The van der Waals surface area contributed by atoms with Crippen molar-refractivity contribution < 1.29 is 23.9 Å². The summed E-state index contributed by atoms with van der Waals surface area (Å²) in [6.07, 6.45) is 1.91. The Kier molecular flexibility index (Phi) is 7.10. The molecule has 0 radical (unpaired) electrons. The molecule has 5 nitrogen and oxygen atoms in total. The van der Waals surface area contributed by atoms with Crippen LogP contribution in [-0.2, 0) is 19.7 Å². The number of esters is 2. The predicted octanol–water partition coefficient (Wildman–Crippen LogP) is 4.60. The lowest BCUT2D eigenvalue weighted by atomic mass is 9.86. The van der Waals surface area contributed by atoms with Crippen molar-refractivity contribution in [2.24, 2.45) is 0 Å². The Morgan fingerprint density at radius 3 is 1.97 bits per heavy atom. The van der Waals surface area contributed by atoms with E-state index in [1.54, 1.807) is 49.4 Å². The van der Waals surface area contributed by atoms with Crippen molar-refractivity contribution in [3.8, 4) is 0 Å². The number of hydrogen-bond donors (Lipinski definition) is 0. The highest BCUT2D eigenvalue weighted by Crippen LogP contribution is 2.22. The maximum Gasteiger partial charge on any atom is 0.337 e. The first-order chi connectivity index (χ1) is 13.6. The second-order valence-electron chi connectivity index (χ2n) is 7.72. The molecule has 5 heteroatoms. The number of rotatable bonds is 6. The van der Waals surface area contributed by atoms with E-state index in [1.807, 2.05) is 12.1 Å². The number of ketones is 1. The summed E-state index contributed by atoms with van der Waals surface area (Å²) in [6, 6.07) is 13.9. The highest BCUT2D eigenvalue weighted by molar-refractivity contribution is 6.01. The van der Waals surface area contributed by atoms with Crippen LogP contribution in [0.2, 0.25) is 0 Å². The molecule has 0 aromatic heterocycles. The summed E-state index contributed by atoms with van der Waals surface area (Å²) in [5, 5.41) is 0. The van der Waals surface area contributed by atoms with Gasteiger partial charge in [-0.25, -0.2) is 9.59 Å². The normalized spacial score (nSPS) is 12.4. The second kappa shape index (κ2) is 9.32. The molecule has 0 saturated heterocycles. The van der Waals surface area contributed by atoms with Crippen LogP contribution in [0.5, 0.6) is 0 Å². The minimum absolute atomic E-state index is 0.000487. The third kappa shape index (κ3) is 6.14. The standard InChI is InChI=1S/C24H26O5/c1-16(22(26)18-11-13-20(14-12-18)24(2,3)4)29-21(25)15-8-17-6-9-19(10-7-17)23(27)28-5/h6-16H,1-5H3. The van der Waals surface area contributed by atoms with Gasteiger partial charge >= 0.3 is 11.9 Å². The molecule has 2 rings (SSSR count). The van der Waals surface area contributed by atoms with E-state index in [0.29, 0.717) is 16.7 Å². The van der Waals surface area contributed by atoms with E-state index in [1.165, 1.54) is 13.2 Å². The van der Waals surface area contributed by atoms with Crippen molar-refractivity contribution in [3.05, 3.63) is 76.9 Å². The molecular weight excluding hydrogens is 368 g/mol. The zero-order valence-corrected chi connectivity index (χ0v) is 17.4. The molecule has 2 aromatic carbocycles. The van der Waals surface area contributed by atoms with E-state index >= 15 is 0 Å². The second-order valence-corrected chi connectivity index (χ2v) is 7.72. The lowest BCUT2D eigenvalue weighted by Crippen LogP contribution is -2.23. The molecule has 1 atom stereocenters. The molecule has 0 N–H and O–H groups in total. The lowest BCUT2D eigenvalue weighted by molar-refractivity contribution is -0.140. The molecule has 1 unspecified atom stereocenters. The molecule has 2 aromatic rings. The number of ether oxygens (including phenoxy) is 2. The lowest BCUT2D eigenvalue weighted by Gasteiger charge is -2.19. The molecule has 0 aliphatic heterocycles. The number of benzene rings is 2. The van der Waals surface area contributed by atoms with E-state index in [2.05, 4.69) is 25.5 Å². The van der Waals surface area contributed by atoms with Crippen molar-refractivity contribution >= 4 is 23.8 Å². The largest absolute Gasteiger partial charge is 0.465 e. The Morgan fingerprint density at radius 1 is 0.897 bits per heavy atom. The molecule has 0 bridgehead atoms. The van der Waals surface area contributed by atoms with Crippen molar-refractivity contribution in [1.82, 2.24) is 0 Å². The summed E-state index contributed by atoms with van der Waals surface area (Å²) in [5.74, 6) is -1.30. The molecule has 0 fully saturated rings. The maximum absolute atomic E-state index is 12.5. The summed E-state index contributed by atoms with van der Waals surface area (Å²) < 4.78 is 9.85. The van der Waals surface area contributed by atoms with Gasteiger partial charge in [-0.3, -0.25) is 4.79 Å². The van der Waals surface area contributed by atoms with E-state index in [9.17, 15) is 14.4 Å². The van der Waals surface area contributed by atoms with Crippen molar-refractivity contribution in [1.29, 1.82) is 0 Å². The van der Waals surface area contributed by atoms with Crippen LogP contribution in [0.25, 0.3) is 6.08 Å². The first kappa shape index (κ1) is 22.1. The number of carbonyl (C=O) groups excluding carboxylic acids is 3. The quantitative estimate of drug-likeness (QED) is 0.407. The third-order valence-electron chi connectivity index (χ3n) is 4.44. The Balaban J connectivity index is 1.96. The van der Waals surface area contributed by atoms with Gasteiger partial charge in [-0.05, 0) is 41.7 Å². The van der Waals surface area contributed by atoms with Crippen molar-refractivity contribution in [2.75, 3.05) is 7.11 Å². The summed E-state index contributed by atoms with van der Waals surface area (Å²) in [6.45, 7) is 7.85. The van der Waals surface area contributed by atoms with Gasteiger partial charge in [-0.1, -0.05) is 57.2 Å². The topological polar surface area (TPSA) is 69.7 Å². The van der Waals surface area contributed by atoms with Crippen LogP contribution in [0.15, 0.2) is 54.6 Å². The number of carbonyl (C=O) groups is 3. The highest BCUT2D eigenvalue weighted by atomic mass is 16.5. The Hall–Kier alpha value is -3.21. The fourth-order valence-electron chi connectivity index (χ4n) is 2.65. The van der Waals surface area contributed by atoms with Gasteiger partial charge in [0, 0.05) is 11.6 Å². The van der Waals surface area contributed by atoms with Gasteiger partial charge < -0.3 is 9.47 Å². The van der Waals surface area contributed by atoms with Crippen LogP contribution in [0.4, 0.5) is 0 Å². The Bertz CT molecular complexity index is 900. The van der Waals surface area contributed by atoms with Crippen LogP contribution in [0.1, 0.15) is 59.5 Å². The molecule has 0 saturated carbocycles. The smallest absolute Gasteiger partial charge is 0.337 e. The number of Topliss-reactive ketones (excluding diaryl/α,β-unsaturated/α-hetero) is 1. The summed E-state index contributed by atoms with van der Waals surface area (Å²) in [4.78, 5) is 35.9. The zero-order chi connectivity index (χ0) is 21.6. The Labute approximate surface area is 171 Å². The average Bonchev–Trinajstić information content (AvgIpc) is 2.70. The van der Waals surface area contributed by atoms with Crippen LogP contribution in [0, 0.1) is 0 Å². The fourth-order valence-corrected chi connectivity index (χ4v) is 2.65. The monoisotopic (exact) mass is 394 g/mol. The molecule has 0 aliphatic carbocycles. The summed E-state index contributed by atoms with van der Waals surface area (Å²) in [7, 11) is 1.31. The van der Waals surface area contributed by atoms with Gasteiger partial charge in [0.1, 0.15) is 0 Å². The predicted molar refractivity (Wildman–Crippen MR) is 112 cm³/mol. The molecule has 29 heavy (non-hydrogen) atoms. The molecule has 0 spiro atoms. The number of methoxy groups -OCH3 is 1. The average molecular weight is 394 g/mol. The van der Waals surface area contributed by atoms with Gasteiger partial charge in [0.15, 0.2) is 6.10 Å². The van der Waals surface area contributed by atoms with Crippen LogP contribution < -0.4 is 0 Å². The van der Waals surface area contributed by atoms with E-state index in [0.717, 1.165) is 5.56 Å². The zero-order valence-electron chi connectivity index (χ0n) is 17.4. The minimum Gasteiger partial charge on any atom is -0.465 e. The fraction of sp³-hybridized carbons (Fsp3) is 0.292. The Morgan fingerprint density at radius 2 is 1.45 bits per heavy atom. The molecule has 0 aliphatic rings. The third-order valence-corrected chi connectivity index (χ3v) is 4.44. The maximum atomic E-state index is 12.5. The molecule has 0 amide bonds. The van der Waals surface area contributed by atoms with E-state index in [-0.39, 0.29) is 11.2 Å². The van der Waals surface area contributed by atoms with Crippen molar-refractivity contribution in [3.63, 3.8) is 0 Å². The van der Waals surface area contributed by atoms with Gasteiger partial charge in [0.25, 0.3) is 0 Å². The number of hydrogen-bond acceptors (Lipinski definition) is 5. The SMILES string of the molecule is COC(=O)c1ccc(C=CC(=O)OC(C)C(=O)c2ccc(C(C)(C)C)cc2)cc1. The molecule has 0 heterocycles. The van der Waals surface area contributed by atoms with Gasteiger partial charge in [-0.2, -0.15) is 0 Å². The van der Waals surface area contributed by atoms with Crippen LogP contribution >= 0.6 is 0 Å². The summed E-state index contributed by atoms with van der Waals surface area (Å²) >= 11 is 0. The van der Waals surface area contributed by atoms with E-state index in [4.69, 9.17) is 4.74 Å². The first-order valence-corrected chi connectivity index (χ1v) is 9.33. The van der Waals surface area contributed by atoms with Crippen LogP contribution in [-0.4, -0.2) is 30.9 Å². The minimum atomic E-state index is -0.894. The van der Waals surface area contributed by atoms with E-state index < -0.39 is 18.0 Å². The van der Waals surface area contributed by atoms with Gasteiger partial charge in [-0.15, -0.1) is 0 Å². The molecule has 152 valence electrons. The van der Waals surface area contributed by atoms with Crippen LogP contribution in [0.3, 0.4) is 0 Å². The molecular formula is C24H26O5. The van der Waals surface area contributed by atoms with Crippen molar-refractivity contribution in [2.45, 2.75) is 39.2 Å². The van der Waals surface area contributed by atoms with Gasteiger partial charge in [0.05, 0.1) is 12.7 Å². The summed E-state index contributed by atoms with van der Waals surface area (Å²) in [5.41, 5.74) is 2.76.